The van der Waals surface area contributed by atoms with Gasteiger partial charge in [0, 0.05) is 0 Å². The molecule has 1 aromatic rings. The Kier molecular flexibility index (Phi) is 6.22. The Morgan fingerprint density at radius 3 is 2.56 bits per heavy atom. The van der Waals surface area contributed by atoms with E-state index in [0.717, 1.165) is 30.8 Å². The van der Waals surface area contributed by atoms with Gasteiger partial charge >= 0.3 is 5.97 Å². The van der Waals surface area contributed by atoms with E-state index >= 15 is 0 Å². The molecule has 0 saturated heterocycles. The fourth-order valence-electron chi connectivity index (χ4n) is 1.54. The molecule has 100 valence electrons. The molecule has 0 aliphatic rings. The molecule has 1 aromatic carbocycles. The van der Waals surface area contributed by atoms with Gasteiger partial charge in [0.2, 0.25) is 0 Å². The zero-order chi connectivity index (χ0) is 13.4. The maximum atomic E-state index is 11.2. The lowest BCUT2D eigenvalue weighted by Gasteiger charge is -2.10. The van der Waals surface area contributed by atoms with Crippen molar-refractivity contribution in [2.75, 3.05) is 13.7 Å². The molecule has 1 rings (SSSR count). The summed E-state index contributed by atoms with van der Waals surface area (Å²) in [5.74, 6) is 0.456. The minimum atomic E-state index is -0.609. The predicted molar refractivity (Wildman–Crippen MR) is 70.5 cm³/mol. The number of carbonyl (C=O) groups is 1. The highest BCUT2D eigenvalue weighted by molar-refractivity contribution is 5.75. The number of nitrogens with two attached hydrogens (primary N) is 1. The van der Waals surface area contributed by atoms with E-state index in [1.807, 2.05) is 24.3 Å². The van der Waals surface area contributed by atoms with Crippen LogP contribution >= 0.6 is 0 Å². The SMILES string of the molecule is CCCCOc1ccc(C[C@@H](N)C(=O)OC)cc1. The van der Waals surface area contributed by atoms with Crippen LogP contribution in [0.15, 0.2) is 24.3 Å². The van der Waals surface area contributed by atoms with Crippen molar-refractivity contribution in [1.29, 1.82) is 0 Å². The molecular formula is C14H21NO3. The van der Waals surface area contributed by atoms with Gasteiger partial charge in [-0.25, -0.2) is 0 Å². The number of ether oxygens (including phenoxy) is 2. The Labute approximate surface area is 108 Å². The van der Waals surface area contributed by atoms with Crippen LogP contribution in [0, 0.1) is 0 Å². The summed E-state index contributed by atoms with van der Waals surface area (Å²) >= 11 is 0. The van der Waals surface area contributed by atoms with Crippen LogP contribution in [0.3, 0.4) is 0 Å². The third-order valence-electron chi connectivity index (χ3n) is 2.65. The van der Waals surface area contributed by atoms with Crippen molar-refractivity contribution >= 4 is 5.97 Å². The molecule has 0 saturated carbocycles. The molecular weight excluding hydrogens is 230 g/mol. The molecule has 4 heteroatoms. The number of unbranched alkanes of at least 4 members (excludes halogenated alkanes) is 1. The number of esters is 1. The van der Waals surface area contributed by atoms with Gasteiger partial charge in [-0.3, -0.25) is 4.79 Å². The van der Waals surface area contributed by atoms with Crippen molar-refractivity contribution in [3.05, 3.63) is 29.8 Å². The summed E-state index contributed by atoms with van der Waals surface area (Å²) in [6.45, 7) is 2.86. The quantitative estimate of drug-likeness (QED) is 0.594. The van der Waals surface area contributed by atoms with Crippen molar-refractivity contribution in [2.45, 2.75) is 32.2 Å². The van der Waals surface area contributed by atoms with Gasteiger partial charge in [0.05, 0.1) is 13.7 Å². The highest BCUT2D eigenvalue weighted by Gasteiger charge is 2.13. The summed E-state index contributed by atoms with van der Waals surface area (Å²) in [5, 5.41) is 0. The first-order valence-corrected chi connectivity index (χ1v) is 6.22. The molecule has 0 fully saturated rings. The van der Waals surface area contributed by atoms with E-state index in [4.69, 9.17) is 10.5 Å². The third-order valence-corrected chi connectivity index (χ3v) is 2.65. The van der Waals surface area contributed by atoms with E-state index < -0.39 is 12.0 Å². The van der Waals surface area contributed by atoms with Crippen LogP contribution in [0.25, 0.3) is 0 Å². The van der Waals surface area contributed by atoms with Crippen LogP contribution in [0.2, 0.25) is 0 Å². The number of rotatable bonds is 7. The lowest BCUT2D eigenvalue weighted by Crippen LogP contribution is -2.33. The Morgan fingerprint density at radius 1 is 1.33 bits per heavy atom. The largest absolute Gasteiger partial charge is 0.494 e. The van der Waals surface area contributed by atoms with E-state index in [1.54, 1.807) is 0 Å². The van der Waals surface area contributed by atoms with Gasteiger partial charge in [-0.05, 0) is 30.5 Å². The van der Waals surface area contributed by atoms with Crippen LogP contribution in [0.5, 0.6) is 5.75 Å². The number of carbonyl (C=O) groups excluding carboxylic acids is 1. The number of benzene rings is 1. The number of methoxy groups -OCH3 is 1. The standard InChI is InChI=1S/C14H21NO3/c1-3-4-9-18-12-7-5-11(6-8-12)10-13(15)14(16)17-2/h5-8,13H,3-4,9-10,15H2,1-2H3/t13-/m1/s1. The second-order valence-electron chi connectivity index (χ2n) is 4.18. The topological polar surface area (TPSA) is 61.5 Å². The summed E-state index contributed by atoms with van der Waals surface area (Å²) in [7, 11) is 1.34. The van der Waals surface area contributed by atoms with Crippen LogP contribution in [-0.2, 0) is 16.0 Å². The summed E-state index contributed by atoms with van der Waals surface area (Å²) in [4.78, 5) is 11.2. The molecule has 18 heavy (non-hydrogen) atoms. The van der Waals surface area contributed by atoms with Gasteiger partial charge in [-0.2, -0.15) is 0 Å². The monoisotopic (exact) mass is 251 g/mol. The molecule has 0 aliphatic heterocycles. The highest BCUT2D eigenvalue weighted by Crippen LogP contribution is 2.13. The van der Waals surface area contributed by atoms with E-state index in [9.17, 15) is 4.79 Å². The predicted octanol–water partition coefficient (Wildman–Crippen LogP) is 1.91. The molecule has 4 nitrogen and oxygen atoms in total. The molecule has 0 unspecified atom stereocenters. The first-order valence-electron chi connectivity index (χ1n) is 6.22. The zero-order valence-electron chi connectivity index (χ0n) is 11.0. The molecule has 0 aromatic heterocycles. The fourth-order valence-corrected chi connectivity index (χ4v) is 1.54. The third kappa shape index (κ3) is 4.75. The molecule has 0 radical (unpaired) electrons. The molecule has 0 aliphatic carbocycles. The van der Waals surface area contributed by atoms with Crippen molar-refractivity contribution < 1.29 is 14.3 Å². The van der Waals surface area contributed by atoms with Crippen molar-refractivity contribution in [3.8, 4) is 5.75 Å². The van der Waals surface area contributed by atoms with Gasteiger partial charge in [-0.15, -0.1) is 0 Å². The lowest BCUT2D eigenvalue weighted by atomic mass is 10.1. The first kappa shape index (κ1) is 14.5. The lowest BCUT2D eigenvalue weighted by molar-refractivity contribution is -0.142. The highest BCUT2D eigenvalue weighted by atomic mass is 16.5. The molecule has 2 N–H and O–H groups in total. The Morgan fingerprint density at radius 2 is 2.00 bits per heavy atom. The number of hydrogen-bond donors (Lipinski definition) is 1. The van der Waals surface area contributed by atoms with E-state index in [2.05, 4.69) is 11.7 Å². The average Bonchev–Trinajstić information content (AvgIpc) is 2.40. The summed E-state index contributed by atoms with van der Waals surface area (Å²) in [6, 6.07) is 7.03. The van der Waals surface area contributed by atoms with Gasteiger partial charge in [0.15, 0.2) is 0 Å². The summed E-state index contributed by atoms with van der Waals surface area (Å²) in [6.07, 6.45) is 2.64. The van der Waals surface area contributed by atoms with Gasteiger partial charge in [-0.1, -0.05) is 25.5 Å². The second kappa shape index (κ2) is 7.71. The smallest absolute Gasteiger partial charge is 0.322 e. The van der Waals surface area contributed by atoms with Crippen LogP contribution in [0.1, 0.15) is 25.3 Å². The Hall–Kier alpha value is -1.55. The normalized spacial score (nSPS) is 11.9. The van der Waals surface area contributed by atoms with Gasteiger partial charge in [0.25, 0.3) is 0 Å². The van der Waals surface area contributed by atoms with Crippen LogP contribution < -0.4 is 10.5 Å². The summed E-state index contributed by atoms with van der Waals surface area (Å²) < 4.78 is 10.1. The number of hydrogen-bond acceptors (Lipinski definition) is 4. The maximum Gasteiger partial charge on any atom is 0.322 e. The van der Waals surface area contributed by atoms with Crippen molar-refractivity contribution in [2.24, 2.45) is 5.73 Å². The Bertz CT molecular complexity index is 362. The van der Waals surface area contributed by atoms with Crippen molar-refractivity contribution in [1.82, 2.24) is 0 Å². The molecule has 0 spiro atoms. The average molecular weight is 251 g/mol. The van der Waals surface area contributed by atoms with E-state index in [1.165, 1.54) is 7.11 Å². The molecule has 0 bridgehead atoms. The maximum absolute atomic E-state index is 11.2. The molecule has 0 amide bonds. The minimum absolute atomic E-state index is 0.390. The summed E-state index contributed by atoms with van der Waals surface area (Å²) in [5.41, 5.74) is 6.69. The van der Waals surface area contributed by atoms with Crippen LogP contribution in [-0.4, -0.2) is 25.7 Å². The van der Waals surface area contributed by atoms with E-state index in [-0.39, 0.29) is 0 Å². The van der Waals surface area contributed by atoms with E-state index in [0.29, 0.717) is 6.42 Å². The Balaban J connectivity index is 2.47. The van der Waals surface area contributed by atoms with Crippen LogP contribution in [0.4, 0.5) is 0 Å². The van der Waals surface area contributed by atoms with Gasteiger partial charge < -0.3 is 15.2 Å². The molecule has 1 atom stereocenters. The van der Waals surface area contributed by atoms with Crippen molar-refractivity contribution in [3.63, 3.8) is 0 Å². The van der Waals surface area contributed by atoms with Gasteiger partial charge in [0.1, 0.15) is 11.8 Å². The molecule has 0 heterocycles. The second-order valence-corrected chi connectivity index (χ2v) is 4.18. The first-order chi connectivity index (χ1) is 8.67. The zero-order valence-corrected chi connectivity index (χ0v) is 11.0. The minimum Gasteiger partial charge on any atom is -0.494 e. The fraction of sp³-hybridized carbons (Fsp3) is 0.500.